The number of rotatable bonds is 2. The highest BCUT2D eigenvalue weighted by Gasteiger charge is 2.24. The molecule has 0 fully saturated rings. The predicted octanol–water partition coefficient (Wildman–Crippen LogP) is 0.0265. The molecule has 0 saturated heterocycles. The van der Waals surface area contributed by atoms with E-state index in [0.29, 0.717) is 0 Å². The number of imidazole rings is 1. The first kappa shape index (κ1) is 8.18. The van der Waals surface area contributed by atoms with Gasteiger partial charge >= 0.3 is 11.8 Å². The summed E-state index contributed by atoms with van der Waals surface area (Å²) >= 11 is 0. The largest absolute Gasteiger partial charge is 0.476 e. The minimum absolute atomic E-state index is 0.512. The van der Waals surface area contributed by atoms with Crippen LogP contribution in [-0.4, -0.2) is 25.6 Å². The average molecular weight is 171 g/mol. The molecule has 1 N–H and O–H groups in total. The smallest absolute Gasteiger partial charge is 0.363 e. The Hall–Kier alpha value is -1.92. The summed E-state index contributed by atoms with van der Waals surface area (Å²) in [6.45, 7) is 0. The minimum Gasteiger partial charge on any atom is -0.476 e. The number of carboxylic acid groups (broad SMARTS) is 1. The van der Waals surface area contributed by atoms with E-state index >= 15 is 0 Å². The number of aromatic nitrogens is 2. The Morgan fingerprint density at radius 2 is 2.42 bits per heavy atom. The third-order valence-corrected chi connectivity index (χ3v) is 1.28. The Kier molecular flexibility index (Phi) is 1.78. The molecule has 0 spiro atoms. The van der Waals surface area contributed by atoms with Crippen molar-refractivity contribution >= 4 is 11.8 Å². The van der Waals surface area contributed by atoms with Crippen molar-refractivity contribution in [1.82, 2.24) is 9.55 Å². The van der Waals surface area contributed by atoms with Crippen LogP contribution in [0.15, 0.2) is 6.33 Å². The van der Waals surface area contributed by atoms with Gasteiger partial charge in [-0.1, -0.05) is 0 Å². The zero-order chi connectivity index (χ0) is 9.30. The maximum absolute atomic E-state index is 10.4. The quantitative estimate of drug-likeness (QED) is 0.499. The topological polar surface area (TPSA) is 98.3 Å². The number of hydrogen-bond acceptors (Lipinski definition) is 4. The van der Waals surface area contributed by atoms with E-state index in [1.54, 1.807) is 0 Å². The van der Waals surface area contributed by atoms with Gasteiger partial charge in [0.25, 0.3) is 0 Å². The van der Waals surface area contributed by atoms with Crippen molar-refractivity contribution in [3.05, 3.63) is 22.1 Å². The molecule has 0 atom stereocenters. The van der Waals surface area contributed by atoms with Crippen molar-refractivity contribution in [2.75, 3.05) is 0 Å². The van der Waals surface area contributed by atoms with Crippen LogP contribution >= 0.6 is 0 Å². The summed E-state index contributed by atoms with van der Waals surface area (Å²) in [5.41, 5.74) is -0.539. The average Bonchev–Trinajstić information content (AvgIpc) is 2.30. The van der Waals surface area contributed by atoms with Crippen LogP contribution in [0.25, 0.3) is 0 Å². The number of carbonyl (C=O) groups is 1. The Labute approximate surface area is 66.4 Å². The van der Waals surface area contributed by atoms with E-state index in [9.17, 15) is 14.9 Å². The summed E-state index contributed by atoms with van der Waals surface area (Å²) in [5, 5.41) is 18.7. The van der Waals surface area contributed by atoms with Gasteiger partial charge in [-0.15, -0.1) is 0 Å². The zero-order valence-corrected chi connectivity index (χ0v) is 6.09. The molecule has 0 bridgehead atoms. The van der Waals surface area contributed by atoms with Gasteiger partial charge in [-0.2, -0.15) is 0 Å². The van der Waals surface area contributed by atoms with Crippen LogP contribution in [0.5, 0.6) is 0 Å². The van der Waals surface area contributed by atoms with Crippen molar-refractivity contribution in [3.8, 4) is 0 Å². The van der Waals surface area contributed by atoms with Crippen molar-refractivity contribution < 1.29 is 14.8 Å². The highest BCUT2D eigenvalue weighted by atomic mass is 16.6. The molecule has 0 radical (unpaired) electrons. The van der Waals surface area contributed by atoms with Crippen molar-refractivity contribution in [3.63, 3.8) is 0 Å². The molecule has 1 rings (SSSR count). The Morgan fingerprint density at radius 1 is 1.83 bits per heavy atom. The molecule has 0 aliphatic carbocycles. The molecule has 1 heterocycles. The molecule has 64 valence electrons. The lowest BCUT2D eigenvalue weighted by Crippen LogP contribution is -2.04. The summed E-state index contributed by atoms with van der Waals surface area (Å²) in [6.07, 6.45) is 1.08. The molecule has 0 aliphatic heterocycles. The van der Waals surface area contributed by atoms with E-state index in [1.807, 2.05) is 0 Å². The fourth-order valence-electron chi connectivity index (χ4n) is 0.790. The Bertz CT molecular complexity index is 342. The highest BCUT2D eigenvalue weighted by Crippen LogP contribution is 2.14. The standard InChI is InChI=1S/C5H5N3O4/c1-7-2-6-3(5(9)10)4(7)8(11)12/h2H,1H3,(H,9,10). The molecule has 0 aromatic carbocycles. The van der Waals surface area contributed by atoms with Crippen molar-refractivity contribution in [2.24, 2.45) is 7.05 Å². The highest BCUT2D eigenvalue weighted by molar-refractivity contribution is 5.89. The molecule has 1 aromatic rings. The fourth-order valence-corrected chi connectivity index (χ4v) is 0.790. The summed E-state index contributed by atoms with van der Waals surface area (Å²) in [6, 6.07) is 0. The lowest BCUT2D eigenvalue weighted by atomic mass is 10.4. The van der Waals surface area contributed by atoms with Gasteiger partial charge < -0.3 is 15.2 Å². The molecule has 0 saturated carbocycles. The Balaban J connectivity index is 3.31. The zero-order valence-electron chi connectivity index (χ0n) is 6.09. The van der Waals surface area contributed by atoms with Gasteiger partial charge in [0, 0.05) is 0 Å². The fraction of sp³-hybridized carbons (Fsp3) is 0.200. The minimum atomic E-state index is -1.40. The molecule has 0 unspecified atom stereocenters. The van der Waals surface area contributed by atoms with E-state index < -0.39 is 22.4 Å². The normalized spacial score (nSPS) is 9.75. The SMILES string of the molecule is Cn1cnc(C(=O)O)c1[N+](=O)[O-]. The van der Waals surface area contributed by atoms with Crippen LogP contribution in [0.2, 0.25) is 0 Å². The van der Waals surface area contributed by atoms with Gasteiger partial charge in [-0.25, -0.2) is 14.3 Å². The van der Waals surface area contributed by atoms with Crippen LogP contribution in [0.1, 0.15) is 10.5 Å². The van der Waals surface area contributed by atoms with Crippen molar-refractivity contribution in [2.45, 2.75) is 0 Å². The first-order valence-electron chi connectivity index (χ1n) is 2.93. The van der Waals surface area contributed by atoms with Crippen LogP contribution < -0.4 is 0 Å². The van der Waals surface area contributed by atoms with Gasteiger partial charge in [0.15, 0.2) is 6.33 Å². The number of aryl methyl sites for hydroxylation is 1. The van der Waals surface area contributed by atoms with Crippen LogP contribution in [0.3, 0.4) is 0 Å². The van der Waals surface area contributed by atoms with E-state index in [4.69, 9.17) is 5.11 Å². The monoisotopic (exact) mass is 171 g/mol. The second-order valence-electron chi connectivity index (χ2n) is 2.09. The molecule has 0 amide bonds. The molecular formula is C5H5N3O4. The van der Waals surface area contributed by atoms with E-state index in [-0.39, 0.29) is 0 Å². The lowest BCUT2D eigenvalue weighted by molar-refractivity contribution is -0.392. The molecule has 7 heteroatoms. The summed E-state index contributed by atoms with van der Waals surface area (Å²) in [5.74, 6) is -1.91. The van der Waals surface area contributed by atoms with Gasteiger partial charge in [0.05, 0.1) is 7.05 Å². The number of nitrogens with zero attached hydrogens (tertiary/aromatic N) is 3. The maximum Gasteiger partial charge on any atom is 0.363 e. The number of nitro groups is 1. The second kappa shape index (κ2) is 2.61. The number of aromatic carboxylic acids is 1. The van der Waals surface area contributed by atoms with E-state index in [1.165, 1.54) is 7.05 Å². The third-order valence-electron chi connectivity index (χ3n) is 1.28. The van der Waals surface area contributed by atoms with Crippen LogP contribution in [0, 0.1) is 10.1 Å². The first-order valence-corrected chi connectivity index (χ1v) is 2.93. The number of carboxylic acids is 1. The predicted molar refractivity (Wildman–Crippen MR) is 36.8 cm³/mol. The Morgan fingerprint density at radius 3 is 2.75 bits per heavy atom. The molecule has 0 aliphatic rings. The summed E-state index contributed by atoms with van der Waals surface area (Å²) in [7, 11) is 1.36. The molecule has 12 heavy (non-hydrogen) atoms. The second-order valence-corrected chi connectivity index (χ2v) is 2.09. The van der Waals surface area contributed by atoms with Gasteiger partial charge in [0.2, 0.25) is 5.69 Å². The summed E-state index contributed by atoms with van der Waals surface area (Å²) in [4.78, 5) is 23.2. The van der Waals surface area contributed by atoms with Crippen molar-refractivity contribution in [1.29, 1.82) is 0 Å². The summed E-state index contributed by atoms with van der Waals surface area (Å²) < 4.78 is 1.05. The third kappa shape index (κ3) is 1.11. The van der Waals surface area contributed by atoms with E-state index in [0.717, 1.165) is 10.9 Å². The van der Waals surface area contributed by atoms with Crippen LogP contribution in [-0.2, 0) is 7.05 Å². The lowest BCUT2D eigenvalue weighted by Gasteiger charge is -1.93. The van der Waals surface area contributed by atoms with Gasteiger partial charge in [0.1, 0.15) is 0 Å². The maximum atomic E-state index is 10.4. The van der Waals surface area contributed by atoms with Gasteiger partial charge in [-0.3, -0.25) is 0 Å². The molecular weight excluding hydrogens is 166 g/mol. The molecule has 7 nitrogen and oxygen atoms in total. The first-order chi connectivity index (χ1) is 5.54. The van der Waals surface area contributed by atoms with Gasteiger partial charge in [-0.05, 0) is 4.92 Å². The molecule has 1 aromatic heterocycles. The van der Waals surface area contributed by atoms with E-state index in [2.05, 4.69) is 4.98 Å². The van der Waals surface area contributed by atoms with Crippen LogP contribution in [0.4, 0.5) is 5.82 Å². The number of hydrogen-bond donors (Lipinski definition) is 1.